The standard InChI is InChI=1S/C16H12BrIN2OS/c17-10-5-9(15(21)13(18)6-10)8-20-16-12(7-19)11-3-1-2-4-14(11)22-16/h5-6,8,21H,1-4H2. The van der Waals surface area contributed by atoms with Crippen LogP contribution in [0.3, 0.4) is 0 Å². The van der Waals surface area contributed by atoms with Crippen LogP contribution in [0, 0.1) is 14.9 Å². The molecule has 1 aromatic carbocycles. The van der Waals surface area contributed by atoms with E-state index in [-0.39, 0.29) is 5.75 Å². The molecule has 0 bridgehead atoms. The summed E-state index contributed by atoms with van der Waals surface area (Å²) < 4.78 is 1.65. The molecular formula is C16H12BrIN2OS. The quantitative estimate of drug-likeness (QED) is 0.461. The Hall–Kier alpha value is -0.910. The summed E-state index contributed by atoms with van der Waals surface area (Å²) in [6.07, 6.45) is 5.99. The van der Waals surface area contributed by atoms with E-state index in [1.165, 1.54) is 16.9 Å². The Kier molecular flexibility index (Phi) is 4.85. The van der Waals surface area contributed by atoms with Gasteiger partial charge >= 0.3 is 0 Å². The number of hydrogen-bond donors (Lipinski definition) is 1. The molecule has 3 rings (SSSR count). The number of aromatic hydroxyl groups is 1. The second-order valence-electron chi connectivity index (χ2n) is 5.09. The number of thiophene rings is 1. The van der Waals surface area contributed by atoms with Crippen LogP contribution in [0.25, 0.3) is 0 Å². The summed E-state index contributed by atoms with van der Waals surface area (Å²) >= 11 is 7.11. The summed E-state index contributed by atoms with van der Waals surface area (Å²) in [5.41, 5.74) is 2.54. The third-order valence-electron chi connectivity index (χ3n) is 3.64. The Balaban J connectivity index is 2.00. The molecule has 1 aromatic heterocycles. The maximum Gasteiger partial charge on any atom is 0.137 e. The normalized spacial score (nSPS) is 14.0. The molecule has 112 valence electrons. The molecule has 22 heavy (non-hydrogen) atoms. The highest BCUT2D eigenvalue weighted by atomic mass is 127. The number of halogens is 2. The summed E-state index contributed by atoms with van der Waals surface area (Å²) in [4.78, 5) is 5.78. The number of aryl methyl sites for hydroxylation is 1. The van der Waals surface area contributed by atoms with Crippen molar-refractivity contribution in [2.75, 3.05) is 0 Å². The highest BCUT2D eigenvalue weighted by molar-refractivity contribution is 14.1. The van der Waals surface area contributed by atoms with E-state index in [1.54, 1.807) is 17.6 Å². The highest BCUT2D eigenvalue weighted by Gasteiger charge is 2.20. The van der Waals surface area contributed by atoms with Gasteiger partial charge in [-0.2, -0.15) is 5.26 Å². The van der Waals surface area contributed by atoms with Gasteiger partial charge < -0.3 is 5.11 Å². The van der Waals surface area contributed by atoms with Gasteiger partial charge in [-0.3, -0.25) is 0 Å². The van der Waals surface area contributed by atoms with Gasteiger partial charge in [-0.15, -0.1) is 11.3 Å². The monoisotopic (exact) mass is 486 g/mol. The van der Waals surface area contributed by atoms with E-state index in [0.29, 0.717) is 11.1 Å². The molecule has 0 amide bonds. The molecule has 0 saturated carbocycles. The van der Waals surface area contributed by atoms with Gasteiger partial charge in [-0.25, -0.2) is 4.99 Å². The van der Waals surface area contributed by atoms with E-state index in [0.717, 1.165) is 32.3 Å². The van der Waals surface area contributed by atoms with Gasteiger partial charge in [0.1, 0.15) is 16.8 Å². The summed E-state index contributed by atoms with van der Waals surface area (Å²) in [6, 6.07) is 5.97. The van der Waals surface area contributed by atoms with E-state index in [9.17, 15) is 10.4 Å². The Morgan fingerprint density at radius 3 is 2.91 bits per heavy atom. The maximum atomic E-state index is 10.1. The minimum Gasteiger partial charge on any atom is -0.506 e. The lowest BCUT2D eigenvalue weighted by Gasteiger charge is -2.09. The fourth-order valence-corrected chi connectivity index (χ4v) is 5.30. The van der Waals surface area contributed by atoms with Gasteiger partial charge in [0.25, 0.3) is 0 Å². The van der Waals surface area contributed by atoms with E-state index >= 15 is 0 Å². The molecule has 0 radical (unpaired) electrons. The van der Waals surface area contributed by atoms with Crippen molar-refractivity contribution < 1.29 is 5.11 Å². The number of aliphatic imine (C=N–C) groups is 1. The van der Waals surface area contributed by atoms with Gasteiger partial charge in [0.2, 0.25) is 0 Å². The van der Waals surface area contributed by atoms with Crippen molar-refractivity contribution >= 4 is 61.1 Å². The summed E-state index contributed by atoms with van der Waals surface area (Å²) in [7, 11) is 0. The Morgan fingerprint density at radius 1 is 1.36 bits per heavy atom. The smallest absolute Gasteiger partial charge is 0.137 e. The molecule has 0 atom stereocenters. The van der Waals surface area contributed by atoms with Crippen LogP contribution in [0.5, 0.6) is 5.75 Å². The van der Waals surface area contributed by atoms with Crippen LogP contribution in [-0.2, 0) is 12.8 Å². The molecule has 0 spiro atoms. The van der Waals surface area contributed by atoms with Crippen LogP contribution in [0.4, 0.5) is 5.00 Å². The molecule has 0 aliphatic heterocycles. The van der Waals surface area contributed by atoms with Gasteiger partial charge in [0, 0.05) is 21.1 Å². The minimum absolute atomic E-state index is 0.215. The summed E-state index contributed by atoms with van der Waals surface area (Å²) in [5, 5.41) is 20.3. The predicted molar refractivity (Wildman–Crippen MR) is 101 cm³/mol. The molecule has 0 saturated heterocycles. The third-order valence-corrected chi connectivity index (χ3v) is 6.12. The first-order valence-corrected chi connectivity index (χ1v) is 9.55. The minimum atomic E-state index is 0.215. The first-order valence-electron chi connectivity index (χ1n) is 6.87. The second-order valence-corrected chi connectivity index (χ2v) is 8.25. The zero-order valence-corrected chi connectivity index (χ0v) is 16.1. The molecule has 6 heteroatoms. The topological polar surface area (TPSA) is 56.4 Å². The number of phenols is 1. The largest absolute Gasteiger partial charge is 0.506 e. The van der Waals surface area contributed by atoms with Crippen molar-refractivity contribution in [3.8, 4) is 11.8 Å². The van der Waals surface area contributed by atoms with E-state index in [1.807, 2.05) is 12.1 Å². The number of hydrogen-bond acceptors (Lipinski definition) is 4. The lowest BCUT2D eigenvalue weighted by molar-refractivity contribution is 0.470. The van der Waals surface area contributed by atoms with Crippen LogP contribution in [-0.4, -0.2) is 11.3 Å². The van der Waals surface area contributed by atoms with Crippen LogP contribution >= 0.6 is 49.9 Å². The van der Waals surface area contributed by atoms with Crippen molar-refractivity contribution in [2.45, 2.75) is 25.7 Å². The van der Waals surface area contributed by atoms with E-state index in [2.05, 4.69) is 49.6 Å². The van der Waals surface area contributed by atoms with Crippen molar-refractivity contribution in [1.29, 1.82) is 5.26 Å². The number of nitriles is 1. The van der Waals surface area contributed by atoms with Crippen LogP contribution < -0.4 is 0 Å². The van der Waals surface area contributed by atoms with Crippen molar-refractivity contribution in [3.05, 3.63) is 41.7 Å². The molecule has 2 aromatic rings. The number of rotatable bonds is 2. The number of nitrogens with zero attached hydrogens (tertiary/aromatic N) is 2. The van der Waals surface area contributed by atoms with Crippen molar-refractivity contribution in [2.24, 2.45) is 4.99 Å². The number of fused-ring (bicyclic) bond motifs is 1. The molecule has 0 unspecified atom stereocenters. The second kappa shape index (κ2) is 6.69. The van der Waals surface area contributed by atoms with Gasteiger partial charge in [0.05, 0.1) is 9.13 Å². The molecule has 0 fully saturated rings. The lowest BCUT2D eigenvalue weighted by atomic mass is 9.96. The van der Waals surface area contributed by atoms with Gasteiger partial charge in [-0.1, -0.05) is 15.9 Å². The third kappa shape index (κ3) is 3.07. The Morgan fingerprint density at radius 2 is 2.14 bits per heavy atom. The lowest BCUT2D eigenvalue weighted by Crippen LogP contribution is -1.99. The first-order chi connectivity index (χ1) is 10.6. The molecule has 3 nitrogen and oxygen atoms in total. The average molecular weight is 487 g/mol. The Bertz CT molecular complexity index is 807. The predicted octanol–water partition coefficient (Wildman–Crippen LogP) is 5.32. The molecule has 1 aliphatic rings. The SMILES string of the molecule is N#Cc1c(N=Cc2cc(Br)cc(I)c2O)sc2c1CCCC2. The highest BCUT2D eigenvalue weighted by Crippen LogP contribution is 2.39. The number of benzene rings is 1. The zero-order chi connectivity index (χ0) is 15.7. The Labute approximate surface area is 155 Å². The zero-order valence-electron chi connectivity index (χ0n) is 11.6. The van der Waals surface area contributed by atoms with Gasteiger partial charge in [0.15, 0.2) is 0 Å². The van der Waals surface area contributed by atoms with Crippen molar-refractivity contribution in [3.63, 3.8) is 0 Å². The van der Waals surface area contributed by atoms with Crippen LogP contribution in [0.2, 0.25) is 0 Å². The van der Waals surface area contributed by atoms with Crippen molar-refractivity contribution in [1.82, 2.24) is 0 Å². The summed E-state index contributed by atoms with van der Waals surface area (Å²) in [5.74, 6) is 0.215. The fourth-order valence-electron chi connectivity index (χ4n) is 2.57. The maximum absolute atomic E-state index is 10.1. The van der Waals surface area contributed by atoms with Crippen LogP contribution in [0.1, 0.15) is 34.4 Å². The fraction of sp³-hybridized carbons (Fsp3) is 0.250. The number of phenolic OH excluding ortho intramolecular Hbond substituents is 1. The molecule has 1 heterocycles. The van der Waals surface area contributed by atoms with Gasteiger partial charge in [-0.05, 0) is 66.0 Å². The van der Waals surface area contributed by atoms with Crippen LogP contribution in [0.15, 0.2) is 21.6 Å². The molecule has 1 N–H and O–H groups in total. The molecule has 1 aliphatic carbocycles. The molecular weight excluding hydrogens is 475 g/mol. The summed E-state index contributed by atoms with van der Waals surface area (Å²) in [6.45, 7) is 0. The van der Waals surface area contributed by atoms with E-state index in [4.69, 9.17) is 0 Å². The first kappa shape index (κ1) is 16.0. The average Bonchev–Trinajstić information content (AvgIpc) is 2.86. The van der Waals surface area contributed by atoms with E-state index < -0.39 is 0 Å².